The van der Waals surface area contributed by atoms with Crippen molar-refractivity contribution < 1.29 is 18.4 Å². The smallest absolute Gasteiger partial charge is 0.399 e. The molecule has 162 valence electrons. The van der Waals surface area contributed by atoms with E-state index >= 15 is 0 Å². The fourth-order valence-electron chi connectivity index (χ4n) is 3.86. The van der Waals surface area contributed by atoms with Gasteiger partial charge >= 0.3 is 7.12 Å². The molecular formula is C24H29BNO4S+. The Bertz CT molecular complexity index is 1060. The molecule has 0 aromatic heterocycles. The van der Waals surface area contributed by atoms with Gasteiger partial charge in [-0.15, -0.1) is 0 Å². The number of fused-ring (bicyclic) bond motifs is 1. The summed E-state index contributed by atoms with van der Waals surface area (Å²) in [5.41, 5.74) is 2.44. The van der Waals surface area contributed by atoms with Crippen LogP contribution in [-0.4, -0.2) is 27.4 Å². The minimum atomic E-state index is -2.92. The highest BCUT2D eigenvalue weighted by Gasteiger charge is 2.51. The van der Waals surface area contributed by atoms with Gasteiger partial charge in [-0.3, -0.25) is 4.55 Å². The zero-order chi connectivity index (χ0) is 22.6. The van der Waals surface area contributed by atoms with Gasteiger partial charge in [-0.05, 0) is 80.2 Å². The largest absolute Gasteiger partial charge is 0.494 e. The maximum atomic E-state index is 11.1. The molecule has 7 heteroatoms. The van der Waals surface area contributed by atoms with Crippen molar-refractivity contribution >= 4 is 34.5 Å². The molecule has 3 N–H and O–H groups in total. The molecule has 0 radical (unpaired) electrons. The van der Waals surface area contributed by atoms with Gasteiger partial charge in [-0.2, -0.15) is 0 Å². The van der Waals surface area contributed by atoms with Gasteiger partial charge in [0.25, 0.3) is 0 Å². The van der Waals surface area contributed by atoms with E-state index in [1.54, 1.807) is 18.2 Å². The molecule has 2 heterocycles. The van der Waals surface area contributed by atoms with E-state index in [-0.39, 0.29) is 0 Å². The molecule has 1 atom stereocenters. The summed E-state index contributed by atoms with van der Waals surface area (Å²) in [7, 11) is -3.36. The number of hydrogen-bond donors (Lipinski definition) is 1. The molecule has 5 nitrogen and oxygen atoms in total. The van der Waals surface area contributed by atoms with Gasteiger partial charge in [0, 0.05) is 5.69 Å². The quantitative estimate of drug-likeness (QED) is 0.539. The second-order valence-corrected chi connectivity index (χ2v) is 10.8. The fourth-order valence-corrected chi connectivity index (χ4v) is 5.55. The van der Waals surface area contributed by atoms with Crippen molar-refractivity contribution in [2.75, 3.05) is 4.90 Å². The average Bonchev–Trinajstić information content (AvgIpc) is 2.95. The average molecular weight is 438 g/mol. The van der Waals surface area contributed by atoms with E-state index < -0.39 is 28.9 Å². The number of hydrogen-bond acceptors (Lipinski definition) is 4. The summed E-state index contributed by atoms with van der Waals surface area (Å²) in [5, 5.41) is 0. The van der Waals surface area contributed by atoms with Crippen LogP contribution in [0.25, 0.3) is 0 Å². The highest BCUT2D eigenvalue weighted by Crippen LogP contribution is 2.64. The Hall–Kier alpha value is -2.29. The van der Waals surface area contributed by atoms with E-state index in [9.17, 15) is 4.55 Å². The van der Waals surface area contributed by atoms with E-state index in [0.29, 0.717) is 15.5 Å². The van der Waals surface area contributed by atoms with Gasteiger partial charge in [-0.25, -0.2) is 0 Å². The monoisotopic (exact) mass is 438 g/mol. The lowest BCUT2D eigenvalue weighted by molar-refractivity contribution is 0.00578. The molecule has 1 saturated heterocycles. The van der Waals surface area contributed by atoms with Crippen LogP contribution < -0.4 is 10.4 Å². The van der Waals surface area contributed by atoms with Gasteiger partial charge in [0.15, 0.2) is 0 Å². The van der Waals surface area contributed by atoms with Gasteiger partial charge < -0.3 is 18.8 Å². The first kappa shape index (κ1) is 21.9. The van der Waals surface area contributed by atoms with E-state index in [4.69, 9.17) is 13.9 Å². The third kappa shape index (κ3) is 3.37. The standard InChI is InChI=1S/C24H28BNO4S/c1-7-19-21(8-2)31(27,28)22-12-10-9-11-20(22)26(19)18-15-13-17(14-16-18)25-29-23(3,4)24(5,6)30-25/h7-16,27-28H,1-2H2,3-6H3/p+1. The van der Waals surface area contributed by atoms with Gasteiger partial charge in [0.1, 0.15) is 9.80 Å². The first-order valence-electron chi connectivity index (χ1n) is 10.2. The second-order valence-electron chi connectivity index (χ2n) is 8.72. The van der Waals surface area contributed by atoms with Crippen LogP contribution in [0.4, 0.5) is 11.4 Å². The first-order valence-corrected chi connectivity index (χ1v) is 11.8. The molecule has 1 unspecified atom stereocenters. The zero-order valence-electron chi connectivity index (χ0n) is 18.4. The Morgan fingerprint density at radius 3 is 2.10 bits per heavy atom. The Balaban J connectivity index is 1.77. The Kier molecular flexibility index (Phi) is 5.23. The Labute approximate surface area is 186 Å². The van der Waals surface area contributed by atoms with Crippen LogP contribution in [0.3, 0.4) is 0 Å². The lowest BCUT2D eigenvalue weighted by Crippen LogP contribution is -2.41. The maximum Gasteiger partial charge on any atom is 0.494 e. The van der Waals surface area contributed by atoms with Crippen molar-refractivity contribution in [1.82, 2.24) is 0 Å². The molecule has 2 aliphatic heterocycles. The second kappa shape index (κ2) is 7.40. The van der Waals surface area contributed by atoms with Crippen molar-refractivity contribution in [2.24, 2.45) is 0 Å². The van der Waals surface area contributed by atoms with Crippen LogP contribution in [0, 0.1) is 0 Å². The third-order valence-electron chi connectivity index (χ3n) is 6.29. The van der Waals surface area contributed by atoms with E-state index in [2.05, 4.69) is 13.2 Å². The molecule has 1 fully saturated rings. The Morgan fingerprint density at radius 1 is 0.968 bits per heavy atom. The van der Waals surface area contributed by atoms with E-state index in [1.165, 1.54) is 0 Å². The summed E-state index contributed by atoms with van der Waals surface area (Å²) in [5.74, 6) is 0. The van der Waals surface area contributed by atoms with Crippen LogP contribution in [0.5, 0.6) is 0 Å². The predicted molar refractivity (Wildman–Crippen MR) is 130 cm³/mol. The van der Waals surface area contributed by atoms with Gasteiger partial charge in [-0.1, -0.05) is 37.4 Å². The molecule has 31 heavy (non-hydrogen) atoms. The molecule has 2 aromatic carbocycles. The summed E-state index contributed by atoms with van der Waals surface area (Å²) in [6.45, 7) is 15.9. The van der Waals surface area contributed by atoms with Crippen LogP contribution in [0.2, 0.25) is 0 Å². The van der Waals surface area contributed by atoms with E-state index in [0.717, 1.165) is 16.8 Å². The van der Waals surface area contributed by atoms with Crippen molar-refractivity contribution in [3.05, 3.63) is 84.4 Å². The maximum absolute atomic E-state index is 11.1. The molecule has 0 bridgehead atoms. The summed E-state index contributed by atoms with van der Waals surface area (Å²) in [6.07, 6.45) is 3.22. The van der Waals surface area contributed by atoms with Gasteiger partial charge in [0.05, 0.1) is 22.6 Å². The number of allylic oxidation sites excluding steroid dienone is 2. The SMILES string of the molecule is C=CC1=C(C=C)S(O)([OH2+])c2ccccc2N1c1ccc(B2OC(C)(C)C(C)(C)O2)cc1. The fraction of sp³-hybridized carbons (Fsp3) is 0.250. The minimum absolute atomic E-state index is 0.402. The van der Waals surface area contributed by atoms with E-state index in [1.807, 2.05) is 75.1 Å². The van der Waals surface area contributed by atoms with Crippen molar-refractivity contribution in [3.63, 3.8) is 0 Å². The number of para-hydroxylation sites is 1. The first-order chi connectivity index (χ1) is 14.5. The molecular weight excluding hydrogens is 409 g/mol. The lowest BCUT2D eigenvalue weighted by Gasteiger charge is -2.41. The lowest BCUT2D eigenvalue weighted by atomic mass is 9.79. The van der Waals surface area contributed by atoms with Crippen LogP contribution in [0.15, 0.2) is 89.3 Å². The van der Waals surface area contributed by atoms with Crippen LogP contribution >= 0.6 is 10.6 Å². The highest BCUT2D eigenvalue weighted by molar-refractivity contribution is 8.28. The molecule has 2 aliphatic rings. The van der Waals surface area contributed by atoms with Crippen molar-refractivity contribution in [2.45, 2.75) is 43.8 Å². The summed E-state index contributed by atoms with van der Waals surface area (Å²) >= 11 is 0. The summed E-state index contributed by atoms with van der Waals surface area (Å²) in [6, 6.07) is 15.4. The number of benzene rings is 2. The minimum Gasteiger partial charge on any atom is -0.399 e. The number of nitrogens with zero attached hydrogens (tertiary/aromatic N) is 1. The van der Waals surface area contributed by atoms with Crippen LogP contribution in [0.1, 0.15) is 27.7 Å². The summed E-state index contributed by atoms with van der Waals surface area (Å²) < 4.78 is 32.1. The normalized spacial score (nSPS) is 26.3. The topological polar surface area (TPSA) is 64.8 Å². The molecule has 0 aliphatic carbocycles. The Morgan fingerprint density at radius 2 is 1.55 bits per heavy atom. The highest BCUT2D eigenvalue weighted by atomic mass is 32.3. The predicted octanol–water partition coefficient (Wildman–Crippen LogP) is 5.00. The molecule has 4 rings (SSSR count). The van der Waals surface area contributed by atoms with Gasteiger partial charge in [0.2, 0.25) is 0 Å². The molecule has 0 spiro atoms. The van der Waals surface area contributed by atoms with Crippen molar-refractivity contribution in [3.8, 4) is 0 Å². The molecule has 0 amide bonds. The third-order valence-corrected chi connectivity index (χ3v) is 8.29. The number of rotatable bonds is 4. The summed E-state index contributed by atoms with van der Waals surface area (Å²) in [4.78, 5) is 3.05. The zero-order valence-corrected chi connectivity index (χ0v) is 19.2. The molecule has 0 saturated carbocycles. The van der Waals surface area contributed by atoms with Crippen LogP contribution in [-0.2, 0) is 9.31 Å². The molecule has 2 aromatic rings. The number of anilines is 2. The van der Waals surface area contributed by atoms with Crippen molar-refractivity contribution in [1.29, 1.82) is 0 Å².